The van der Waals surface area contributed by atoms with E-state index in [0.29, 0.717) is 31.0 Å². The van der Waals surface area contributed by atoms with Gasteiger partial charge in [-0.05, 0) is 26.0 Å². The maximum Gasteiger partial charge on any atom is 0.257 e. The van der Waals surface area contributed by atoms with Crippen molar-refractivity contribution in [3.63, 3.8) is 0 Å². The molecule has 0 aromatic carbocycles. The summed E-state index contributed by atoms with van der Waals surface area (Å²) in [7, 11) is 0. The Morgan fingerprint density at radius 1 is 1.53 bits per heavy atom. The number of aliphatic hydroxyl groups excluding tert-OH is 1. The van der Waals surface area contributed by atoms with Gasteiger partial charge in [-0.3, -0.25) is 4.79 Å². The molecule has 0 aliphatic rings. The molecule has 0 atom stereocenters. The van der Waals surface area contributed by atoms with Gasteiger partial charge in [-0.1, -0.05) is 0 Å². The lowest BCUT2D eigenvalue weighted by Gasteiger charge is -2.20. The second-order valence-corrected chi connectivity index (χ2v) is 3.54. The molecule has 1 rings (SSSR count). The zero-order chi connectivity index (χ0) is 12.7. The van der Waals surface area contributed by atoms with Gasteiger partial charge in [0.25, 0.3) is 5.91 Å². The third-order valence-electron chi connectivity index (χ3n) is 2.42. The molecule has 0 saturated carbocycles. The number of nitrogens with zero attached hydrogens (tertiary/aromatic N) is 2. The van der Waals surface area contributed by atoms with Crippen molar-refractivity contribution in [2.24, 2.45) is 0 Å². The lowest BCUT2D eigenvalue weighted by Crippen LogP contribution is -2.33. The Kier molecular flexibility index (Phi) is 5.42. The summed E-state index contributed by atoms with van der Waals surface area (Å²) < 4.78 is 0. The third-order valence-corrected chi connectivity index (χ3v) is 2.42. The fourth-order valence-corrected chi connectivity index (χ4v) is 1.58. The molecule has 0 fully saturated rings. The van der Waals surface area contributed by atoms with E-state index in [1.165, 1.54) is 0 Å². The molecule has 1 heterocycles. The van der Waals surface area contributed by atoms with Crippen molar-refractivity contribution >= 4 is 11.7 Å². The van der Waals surface area contributed by atoms with Gasteiger partial charge in [-0.2, -0.15) is 0 Å². The summed E-state index contributed by atoms with van der Waals surface area (Å²) in [4.78, 5) is 17.9. The molecule has 94 valence electrons. The summed E-state index contributed by atoms with van der Waals surface area (Å²) in [6.07, 6.45) is 1.65. The highest BCUT2D eigenvalue weighted by molar-refractivity contribution is 5.98. The molecule has 5 nitrogen and oxygen atoms in total. The molecular weight excluding hydrogens is 218 g/mol. The van der Waals surface area contributed by atoms with Crippen LogP contribution in [0.25, 0.3) is 0 Å². The lowest BCUT2D eigenvalue weighted by atomic mass is 10.2. The summed E-state index contributed by atoms with van der Waals surface area (Å²) in [5.41, 5.74) is 0.546. The Labute approximate surface area is 101 Å². The molecule has 0 radical (unpaired) electrons. The van der Waals surface area contributed by atoms with Gasteiger partial charge in [-0.15, -0.1) is 0 Å². The van der Waals surface area contributed by atoms with Crippen LogP contribution in [0.1, 0.15) is 24.2 Å². The van der Waals surface area contributed by atoms with E-state index < -0.39 is 0 Å². The predicted octanol–water partition coefficient (Wildman–Crippen LogP) is 0.968. The monoisotopic (exact) mass is 237 g/mol. The molecule has 1 aromatic rings. The van der Waals surface area contributed by atoms with E-state index in [-0.39, 0.29) is 12.5 Å². The van der Waals surface area contributed by atoms with Crippen LogP contribution in [0, 0.1) is 0 Å². The average Bonchev–Trinajstić information content (AvgIpc) is 2.36. The first kappa shape index (κ1) is 13.4. The molecule has 0 aliphatic heterocycles. The maximum absolute atomic E-state index is 12.2. The molecule has 1 aromatic heterocycles. The molecule has 0 saturated heterocycles. The van der Waals surface area contributed by atoms with Crippen LogP contribution in [0.5, 0.6) is 0 Å². The van der Waals surface area contributed by atoms with Crippen LogP contribution in [0.2, 0.25) is 0 Å². The zero-order valence-electron chi connectivity index (χ0n) is 10.3. The van der Waals surface area contributed by atoms with Crippen LogP contribution in [-0.4, -0.2) is 47.1 Å². The quantitative estimate of drug-likeness (QED) is 0.773. The minimum Gasteiger partial charge on any atom is -0.395 e. The molecule has 5 heteroatoms. The van der Waals surface area contributed by atoms with Crippen LogP contribution >= 0.6 is 0 Å². The van der Waals surface area contributed by atoms with Crippen LogP contribution in [-0.2, 0) is 0 Å². The highest BCUT2D eigenvalue weighted by atomic mass is 16.3. The van der Waals surface area contributed by atoms with Gasteiger partial charge in [0, 0.05) is 25.8 Å². The number of hydrogen-bond donors (Lipinski definition) is 2. The number of hydrogen-bond acceptors (Lipinski definition) is 4. The molecule has 0 bridgehead atoms. The number of likely N-dealkylation sites (N-methyl/N-ethyl adjacent to an activating group) is 1. The number of anilines is 1. The van der Waals surface area contributed by atoms with E-state index >= 15 is 0 Å². The molecule has 0 aliphatic carbocycles. The first-order valence-electron chi connectivity index (χ1n) is 5.83. The minimum atomic E-state index is -0.106. The normalized spacial score (nSPS) is 10.1. The van der Waals surface area contributed by atoms with E-state index in [0.717, 1.165) is 0 Å². The molecule has 17 heavy (non-hydrogen) atoms. The zero-order valence-corrected chi connectivity index (χ0v) is 10.3. The highest BCUT2D eigenvalue weighted by Gasteiger charge is 2.17. The van der Waals surface area contributed by atoms with Crippen LogP contribution in [0.3, 0.4) is 0 Å². The molecular formula is C12H19N3O2. The number of rotatable bonds is 6. The molecule has 0 unspecified atom stereocenters. The van der Waals surface area contributed by atoms with Crippen molar-refractivity contribution in [3.8, 4) is 0 Å². The fourth-order valence-electron chi connectivity index (χ4n) is 1.58. The van der Waals surface area contributed by atoms with Gasteiger partial charge in [0.1, 0.15) is 5.82 Å². The number of nitrogens with one attached hydrogen (secondary N) is 1. The summed E-state index contributed by atoms with van der Waals surface area (Å²) in [6.45, 7) is 5.43. The Hall–Kier alpha value is -1.62. The van der Waals surface area contributed by atoms with Crippen LogP contribution in [0.15, 0.2) is 18.3 Å². The average molecular weight is 237 g/mol. The van der Waals surface area contributed by atoms with Gasteiger partial charge in [-0.25, -0.2) is 4.98 Å². The van der Waals surface area contributed by atoms with Gasteiger partial charge in [0.05, 0.1) is 12.2 Å². The van der Waals surface area contributed by atoms with Gasteiger partial charge in [0.2, 0.25) is 0 Å². The van der Waals surface area contributed by atoms with E-state index in [2.05, 4.69) is 10.3 Å². The van der Waals surface area contributed by atoms with Gasteiger partial charge in [0.15, 0.2) is 0 Å². The first-order chi connectivity index (χ1) is 8.24. The maximum atomic E-state index is 12.2. The lowest BCUT2D eigenvalue weighted by molar-refractivity contribution is 0.0732. The largest absolute Gasteiger partial charge is 0.395 e. The van der Waals surface area contributed by atoms with Crippen LogP contribution in [0.4, 0.5) is 5.82 Å². The van der Waals surface area contributed by atoms with Gasteiger partial charge < -0.3 is 15.3 Å². The fraction of sp³-hybridized carbons (Fsp3) is 0.500. The van der Waals surface area contributed by atoms with E-state index in [1.807, 2.05) is 13.8 Å². The van der Waals surface area contributed by atoms with Crippen molar-refractivity contribution in [2.75, 3.05) is 31.6 Å². The van der Waals surface area contributed by atoms with Crippen molar-refractivity contribution in [1.82, 2.24) is 9.88 Å². The Balaban J connectivity index is 2.93. The Morgan fingerprint density at radius 3 is 2.88 bits per heavy atom. The summed E-state index contributed by atoms with van der Waals surface area (Å²) in [6, 6.07) is 3.48. The number of pyridine rings is 1. The Morgan fingerprint density at radius 2 is 2.29 bits per heavy atom. The topological polar surface area (TPSA) is 65.5 Å². The van der Waals surface area contributed by atoms with E-state index in [4.69, 9.17) is 5.11 Å². The third kappa shape index (κ3) is 3.42. The second-order valence-electron chi connectivity index (χ2n) is 3.54. The second kappa shape index (κ2) is 6.85. The summed E-state index contributed by atoms with van der Waals surface area (Å²) in [5, 5.41) is 12.0. The van der Waals surface area contributed by atoms with Crippen molar-refractivity contribution in [2.45, 2.75) is 13.8 Å². The number of amides is 1. The SMILES string of the molecule is CCNc1ncccc1C(=O)N(CC)CCO. The Bertz CT molecular complexity index is 369. The minimum absolute atomic E-state index is 0.0314. The highest BCUT2D eigenvalue weighted by Crippen LogP contribution is 2.13. The van der Waals surface area contributed by atoms with Crippen molar-refractivity contribution in [3.05, 3.63) is 23.9 Å². The standard InChI is InChI=1S/C12H19N3O2/c1-3-13-11-10(6-5-7-14-11)12(17)15(4-2)8-9-16/h5-7,16H,3-4,8-9H2,1-2H3,(H,13,14). The number of aromatic nitrogens is 1. The predicted molar refractivity (Wildman–Crippen MR) is 67.1 cm³/mol. The smallest absolute Gasteiger partial charge is 0.257 e. The summed E-state index contributed by atoms with van der Waals surface area (Å²) >= 11 is 0. The van der Waals surface area contributed by atoms with Crippen molar-refractivity contribution < 1.29 is 9.90 Å². The number of carbonyl (C=O) groups is 1. The molecule has 2 N–H and O–H groups in total. The van der Waals surface area contributed by atoms with Gasteiger partial charge >= 0.3 is 0 Å². The number of aliphatic hydroxyl groups is 1. The number of carbonyl (C=O) groups excluding carboxylic acids is 1. The first-order valence-corrected chi connectivity index (χ1v) is 5.83. The van der Waals surface area contributed by atoms with Crippen LogP contribution < -0.4 is 5.32 Å². The molecule has 0 spiro atoms. The summed E-state index contributed by atoms with van der Waals surface area (Å²) in [5.74, 6) is 0.488. The molecule has 1 amide bonds. The van der Waals surface area contributed by atoms with E-state index in [1.54, 1.807) is 23.2 Å². The van der Waals surface area contributed by atoms with Crippen molar-refractivity contribution in [1.29, 1.82) is 0 Å². The van der Waals surface area contributed by atoms with E-state index in [9.17, 15) is 4.79 Å².